The zero-order valence-electron chi connectivity index (χ0n) is 14.4. The van der Waals surface area contributed by atoms with Crippen LogP contribution in [0.15, 0.2) is 42.5 Å². The standard InChI is InChI=1S/C18H20N2O5/c1-13-5-4-6-15(11-13)24-9-10-25-18(21)16-12-14(20(22)23)7-8-17(16)19(2)3/h4-8,11-12H,9-10H2,1-3H3. The largest absolute Gasteiger partial charge is 0.490 e. The first-order valence-electron chi connectivity index (χ1n) is 7.71. The highest BCUT2D eigenvalue weighted by Crippen LogP contribution is 2.25. The molecule has 0 aliphatic carbocycles. The van der Waals surface area contributed by atoms with Crippen LogP contribution in [0, 0.1) is 17.0 Å². The predicted molar refractivity (Wildman–Crippen MR) is 94.4 cm³/mol. The maximum absolute atomic E-state index is 12.3. The lowest BCUT2D eigenvalue weighted by molar-refractivity contribution is -0.384. The van der Waals surface area contributed by atoms with Crippen LogP contribution in [0.1, 0.15) is 15.9 Å². The van der Waals surface area contributed by atoms with E-state index in [1.54, 1.807) is 19.0 Å². The number of hydrogen-bond donors (Lipinski definition) is 0. The average molecular weight is 344 g/mol. The topological polar surface area (TPSA) is 81.9 Å². The van der Waals surface area contributed by atoms with Crippen LogP contribution in [0.25, 0.3) is 0 Å². The van der Waals surface area contributed by atoms with Crippen molar-refractivity contribution < 1.29 is 19.2 Å². The Morgan fingerprint density at radius 3 is 2.56 bits per heavy atom. The molecule has 0 aliphatic heterocycles. The number of anilines is 1. The fourth-order valence-electron chi connectivity index (χ4n) is 2.27. The fourth-order valence-corrected chi connectivity index (χ4v) is 2.27. The molecule has 7 nitrogen and oxygen atoms in total. The number of hydrogen-bond acceptors (Lipinski definition) is 6. The number of carbonyl (C=O) groups is 1. The summed E-state index contributed by atoms with van der Waals surface area (Å²) >= 11 is 0. The molecule has 0 aromatic heterocycles. The first-order chi connectivity index (χ1) is 11.9. The Morgan fingerprint density at radius 1 is 1.16 bits per heavy atom. The summed E-state index contributed by atoms with van der Waals surface area (Å²) < 4.78 is 10.7. The summed E-state index contributed by atoms with van der Waals surface area (Å²) in [6.07, 6.45) is 0. The van der Waals surface area contributed by atoms with E-state index in [-0.39, 0.29) is 24.5 Å². The van der Waals surface area contributed by atoms with E-state index in [1.807, 2.05) is 31.2 Å². The van der Waals surface area contributed by atoms with E-state index in [2.05, 4.69) is 0 Å². The maximum Gasteiger partial charge on any atom is 0.340 e. The molecular weight excluding hydrogens is 324 g/mol. The molecule has 0 aliphatic rings. The number of nitro groups is 1. The lowest BCUT2D eigenvalue weighted by Gasteiger charge is -2.16. The van der Waals surface area contributed by atoms with Crippen LogP contribution in [-0.4, -0.2) is 38.2 Å². The summed E-state index contributed by atoms with van der Waals surface area (Å²) in [5.74, 6) is 0.0700. The summed E-state index contributed by atoms with van der Waals surface area (Å²) in [5.41, 5.74) is 1.61. The third-order valence-corrected chi connectivity index (χ3v) is 3.47. The number of non-ortho nitro benzene ring substituents is 1. The zero-order valence-corrected chi connectivity index (χ0v) is 14.4. The van der Waals surface area contributed by atoms with E-state index in [4.69, 9.17) is 9.47 Å². The summed E-state index contributed by atoms with van der Waals surface area (Å²) in [6, 6.07) is 11.6. The van der Waals surface area contributed by atoms with E-state index in [9.17, 15) is 14.9 Å². The van der Waals surface area contributed by atoms with Gasteiger partial charge in [0.1, 0.15) is 19.0 Å². The van der Waals surface area contributed by atoms with Gasteiger partial charge in [0.15, 0.2) is 0 Å². The van der Waals surface area contributed by atoms with Gasteiger partial charge in [0.2, 0.25) is 0 Å². The molecule has 25 heavy (non-hydrogen) atoms. The minimum atomic E-state index is -0.625. The normalized spacial score (nSPS) is 10.2. The third kappa shape index (κ3) is 4.94. The van der Waals surface area contributed by atoms with Gasteiger partial charge < -0.3 is 14.4 Å². The van der Waals surface area contributed by atoms with Gasteiger partial charge in [0.05, 0.1) is 16.2 Å². The van der Waals surface area contributed by atoms with Gasteiger partial charge in [0.25, 0.3) is 5.69 Å². The smallest absolute Gasteiger partial charge is 0.340 e. The molecule has 2 rings (SSSR count). The first-order valence-corrected chi connectivity index (χ1v) is 7.71. The Morgan fingerprint density at radius 2 is 1.92 bits per heavy atom. The van der Waals surface area contributed by atoms with Gasteiger partial charge in [-0.3, -0.25) is 10.1 Å². The van der Waals surface area contributed by atoms with Gasteiger partial charge in [0, 0.05) is 26.2 Å². The van der Waals surface area contributed by atoms with Crippen molar-refractivity contribution in [1.82, 2.24) is 0 Å². The number of esters is 1. The number of carbonyl (C=O) groups excluding carboxylic acids is 1. The number of nitrogens with zero attached hydrogens (tertiary/aromatic N) is 2. The lowest BCUT2D eigenvalue weighted by atomic mass is 10.1. The van der Waals surface area contributed by atoms with Crippen LogP contribution in [0.3, 0.4) is 0 Å². The number of rotatable bonds is 7. The quantitative estimate of drug-likeness (QED) is 0.332. The van der Waals surface area contributed by atoms with Crippen LogP contribution in [-0.2, 0) is 4.74 Å². The molecule has 0 spiro atoms. The molecule has 0 amide bonds. The predicted octanol–water partition coefficient (Wildman–Crippen LogP) is 3.21. The summed E-state index contributed by atoms with van der Waals surface area (Å²) in [6.45, 7) is 2.20. The molecule has 2 aromatic rings. The number of benzene rings is 2. The van der Waals surface area contributed by atoms with Crippen molar-refractivity contribution in [1.29, 1.82) is 0 Å². The lowest BCUT2D eigenvalue weighted by Crippen LogP contribution is -2.17. The molecule has 0 fully saturated rings. The number of ether oxygens (including phenoxy) is 2. The van der Waals surface area contributed by atoms with Gasteiger partial charge in [-0.25, -0.2) is 4.79 Å². The molecule has 0 radical (unpaired) electrons. The van der Waals surface area contributed by atoms with E-state index in [0.29, 0.717) is 11.4 Å². The zero-order chi connectivity index (χ0) is 18.4. The van der Waals surface area contributed by atoms with E-state index in [0.717, 1.165) is 5.56 Å². The maximum atomic E-state index is 12.3. The van der Waals surface area contributed by atoms with Gasteiger partial charge in [-0.05, 0) is 30.7 Å². The number of aryl methyl sites for hydroxylation is 1. The highest BCUT2D eigenvalue weighted by molar-refractivity contribution is 5.96. The van der Waals surface area contributed by atoms with Crippen molar-refractivity contribution in [2.45, 2.75) is 6.92 Å². The summed E-state index contributed by atoms with van der Waals surface area (Å²) in [5, 5.41) is 10.9. The van der Waals surface area contributed by atoms with Gasteiger partial charge in [-0.2, -0.15) is 0 Å². The van der Waals surface area contributed by atoms with Gasteiger partial charge >= 0.3 is 5.97 Å². The molecule has 2 aromatic carbocycles. The third-order valence-electron chi connectivity index (χ3n) is 3.47. The minimum absolute atomic E-state index is 0.0440. The fraction of sp³-hybridized carbons (Fsp3) is 0.278. The van der Waals surface area contributed by atoms with E-state index < -0.39 is 10.9 Å². The van der Waals surface area contributed by atoms with E-state index >= 15 is 0 Å². The molecule has 0 heterocycles. The van der Waals surface area contributed by atoms with Crippen molar-refractivity contribution in [2.24, 2.45) is 0 Å². The van der Waals surface area contributed by atoms with Crippen molar-refractivity contribution >= 4 is 17.3 Å². The Hall–Kier alpha value is -3.09. The Balaban J connectivity index is 2.00. The molecule has 0 unspecified atom stereocenters. The van der Waals surface area contributed by atoms with Gasteiger partial charge in [-0.15, -0.1) is 0 Å². The second-order valence-corrected chi connectivity index (χ2v) is 5.65. The molecule has 0 atom stereocenters. The Bertz CT molecular complexity index is 774. The highest BCUT2D eigenvalue weighted by Gasteiger charge is 2.19. The molecule has 0 saturated heterocycles. The second-order valence-electron chi connectivity index (χ2n) is 5.65. The van der Waals surface area contributed by atoms with Crippen LogP contribution >= 0.6 is 0 Å². The van der Waals surface area contributed by atoms with Crippen molar-refractivity contribution in [3.05, 3.63) is 63.7 Å². The highest BCUT2D eigenvalue weighted by atomic mass is 16.6. The van der Waals surface area contributed by atoms with Crippen LogP contribution in [0.4, 0.5) is 11.4 Å². The molecule has 132 valence electrons. The SMILES string of the molecule is Cc1cccc(OCCOC(=O)c2cc([N+](=O)[O-])ccc2N(C)C)c1. The van der Waals surface area contributed by atoms with Crippen LogP contribution in [0.5, 0.6) is 5.75 Å². The summed E-state index contributed by atoms with van der Waals surface area (Å²) in [7, 11) is 3.50. The Labute approximate surface area is 145 Å². The summed E-state index contributed by atoms with van der Waals surface area (Å²) in [4.78, 5) is 24.4. The van der Waals surface area contributed by atoms with E-state index in [1.165, 1.54) is 18.2 Å². The molecule has 0 N–H and O–H groups in total. The van der Waals surface area contributed by atoms with Crippen molar-refractivity contribution in [3.8, 4) is 5.75 Å². The Kier molecular flexibility index (Phi) is 5.94. The van der Waals surface area contributed by atoms with Crippen molar-refractivity contribution in [3.63, 3.8) is 0 Å². The van der Waals surface area contributed by atoms with Crippen molar-refractivity contribution in [2.75, 3.05) is 32.2 Å². The number of nitro benzene ring substituents is 1. The molecule has 7 heteroatoms. The van der Waals surface area contributed by atoms with Crippen LogP contribution in [0.2, 0.25) is 0 Å². The molecular formula is C18H20N2O5. The van der Waals surface area contributed by atoms with Gasteiger partial charge in [-0.1, -0.05) is 12.1 Å². The molecule has 0 saturated carbocycles. The average Bonchev–Trinajstić information content (AvgIpc) is 2.58. The second kappa shape index (κ2) is 8.14. The monoisotopic (exact) mass is 344 g/mol. The first kappa shape index (κ1) is 18.3. The minimum Gasteiger partial charge on any atom is -0.490 e. The van der Waals surface area contributed by atoms with Crippen LogP contribution < -0.4 is 9.64 Å². The molecule has 0 bridgehead atoms.